The zero-order chi connectivity index (χ0) is 17.8. The lowest BCUT2D eigenvalue weighted by Gasteiger charge is -2.21. The fourth-order valence-corrected chi connectivity index (χ4v) is 3.62. The largest absolute Gasteiger partial charge is 0.493 e. The Bertz CT molecular complexity index is 639. The molecule has 1 amide bonds. The Hall–Kier alpha value is -2.24. The molecule has 25 heavy (non-hydrogen) atoms. The number of carbonyl (C=O) groups excluding carboxylic acids is 2. The number of amides is 1. The highest BCUT2D eigenvalue weighted by Crippen LogP contribution is 2.37. The van der Waals surface area contributed by atoms with Gasteiger partial charge in [0.25, 0.3) is 0 Å². The average molecular weight is 347 g/mol. The van der Waals surface area contributed by atoms with Gasteiger partial charge in [-0.2, -0.15) is 0 Å². The first kappa shape index (κ1) is 17.6. The van der Waals surface area contributed by atoms with E-state index in [0.717, 1.165) is 18.4 Å². The minimum atomic E-state index is -0.653. The fourth-order valence-electron chi connectivity index (χ4n) is 3.62. The van der Waals surface area contributed by atoms with Crippen LogP contribution in [0.3, 0.4) is 0 Å². The molecule has 1 heterocycles. The molecule has 0 bridgehead atoms. The first-order valence-corrected chi connectivity index (χ1v) is 8.93. The summed E-state index contributed by atoms with van der Waals surface area (Å²) in [5.74, 6) is 0.544. The van der Waals surface area contributed by atoms with Crippen molar-refractivity contribution in [3.63, 3.8) is 0 Å². The summed E-state index contributed by atoms with van der Waals surface area (Å²) in [4.78, 5) is 24.0. The van der Waals surface area contributed by atoms with Crippen molar-refractivity contribution < 1.29 is 23.8 Å². The second-order valence-corrected chi connectivity index (χ2v) is 6.54. The number of benzene rings is 1. The number of methoxy groups -OCH3 is 1. The van der Waals surface area contributed by atoms with Gasteiger partial charge in [-0.15, -0.1) is 0 Å². The van der Waals surface area contributed by atoms with E-state index < -0.39 is 12.0 Å². The minimum Gasteiger partial charge on any atom is -0.493 e. The van der Waals surface area contributed by atoms with Crippen molar-refractivity contribution in [3.05, 3.63) is 23.8 Å². The Morgan fingerprint density at radius 2 is 2.00 bits per heavy atom. The second kappa shape index (κ2) is 7.76. The number of rotatable bonds is 6. The number of hydrogen-bond donors (Lipinski definition) is 1. The lowest BCUT2D eigenvalue weighted by Crippen LogP contribution is -2.37. The highest BCUT2D eigenvalue weighted by atomic mass is 16.5. The predicted octanol–water partition coefficient (Wildman–Crippen LogP) is 2.55. The van der Waals surface area contributed by atoms with E-state index in [2.05, 4.69) is 5.32 Å². The van der Waals surface area contributed by atoms with Crippen molar-refractivity contribution in [1.29, 1.82) is 0 Å². The van der Waals surface area contributed by atoms with E-state index in [4.69, 9.17) is 14.2 Å². The predicted molar refractivity (Wildman–Crippen MR) is 91.8 cm³/mol. The first-order valence-electron chi connectivity index (χ1n) is 8.93. The van der Waals surface area contributed by atoms with Crippen LogP contribution in [-0.2, 0) is 14.3 Å². The van der Waals surface area contributed by atoms with Crippen LogP contribution in [0, 0.1) is 0 Å². The molecule has 0 spiro atoms. The fraction of sp³-hybridized carbons (Fsp3) is 0.579. The Morgan fingerprint density at radius 1 is 1.24 bits per heavy atom. The van der Waals surface area contributed by atoms with Crippen LogP contribution in [0.1, 0.15) is 50.5 Å². The van der Waals surface area contributed by atoms with E-state index >= 15 is 0 Å². The van der Waals surface area contributed by atoms with Crippen LogP contribution < -0.4 is 14.8 Å². The molecule has 1 saturated carbocycles. The molecule has 1 N–H and O–H groups in total. The molecule has 0 aromatic heterocycles. The van der Waals surface area contributed by atoms with Crippen LogP contribution in [0.5, 0.6) is 11.5 Å². The Morgan fingerprint density at radius 3 is 2.68 bits per heavy atom. The number of esters is 1. The molecule has 6 heteroatoms. The lowest BCUT2D eigenvalue weighted by molar-refractivity contribution is -0.146. The van der Waals surface area contributed by atoms with Gasteiger partial charge < -0.3 is 19.5 Å². The van der Waals surface area contributed by atoms with E-state index in [0.29, 0.717) is 11.5 Å². The molecule has 2 aliphatic rings. The summed E-state index contributed by atoms with van der Waals surface area (Å²) in [5.41, 5.74) is 0.880. The van der Waals surface area contributed by atoms with Crippen molar-refractivity contribution in [2.45, 2.75) is 57.1 Å². The van der Waals surface area contributed by atoms with Crippen molar-refractivity contribution >= 4 is 11.9 Å². The van der Waals surface area contributed by atoms with Crippen molar-refractivity contribution in [1.82, 2.24) is 5.32 Å². The van der Waals surface area contributed by atoms with E-state index in [9.17, 15) is 9.59 Å². The Labute approximate surface area is 147 Å². The zero-order valence-corrected chi connectivity index (χ0v) is 14.7. The summed E-state index contributed by atoms with van der Waals surface area (Å²) >= 11 is 0. The van der Waals surface area contributed by atoms with Gasteiger partial charge >= 0.3 is 5.97 Å². The summed E-state index contributed by atoms with van der Waals surface area (Å²) in [6.07, 6.45) is 4.91. The number of ether oxygens (including phenoxy) is 3. The van der Waals surface area contributed by atoms with Gasteiger partial charge in [0.2, 0.25) is 5.91 Å². The summed E-state index contributed by atoms with van der Waals surface area (Å²) in [7, 11) is 1.61. The molecule has 6 nitrogen and oxygen atoms in total. The lowest BCUT2D eigenvalue weighted by atomic mass is 9.91. The quantitative estimate of drug-likeness (QED) is 0.801. The smallest absolute Gasteiger partial charge is 0.329 e. The molecule has 1 aliphatic heterocycles. The van der Waals surface area contributed by atoms with Gasteiger partial charge in [-0.25, -0.2) is 4.79 Å². The van der Waals surface area contributed by atoms with Crippen LogP contribution in [0.15, 0.2) is 18.2 Å². The normalized spacial score (nSPS) is 23.4. The molecule has 1 aromatic rings. The molecule has 2 atom stereocenters. The van der Waals surface area contributed by atoms with Crippen molar-refractivity contribution in [3.8, 4) is 11.5 Å². The van der Waals surface area contributed by atoms with Crippen LogP contribution in [0.2, 0.25) is 0 Å². The molecular formula is C19H25NO5. The first-order chi connectivity index (χ1) is 12.1. The standard InChI is InChI=1S/C19H25NO5/c1-3-24-19(22)18-14(11-17(21)20-18)12-8-9-15(23-2)16(10-12)25-13-6-4-5-7-13/h8-10,13-14,18H,3-7,11H2,1-2H3,(H,20,21)/t14-,18-/m1/s1. The van der Waals surface area contributed by atoms with Gasteiger partial charge in [-0.05, 0) is 50.3 Å². The minimum absolute atomic E-state index is 0.142. The van der Waals surface area contributed by atoms with Gasteiger partial charge in [0.15, 0.2) is 11.5 Å². The van der Waals surface area contributed by atoms with Gasteiger partial charge in [-0.3, -0.25) is 4.79 Å². The maximum atomic E-state index is 12.2. The third kappa shape index (κ3) is 3.89. The number of nitrogens with one attached hydrogen (secondary N) is 1. The Kier molecular flexibility index (Phi) is 5.46. The summed E-state index contributed by atoms with van der Waals surface area (Å²) in [6, 6.07) is 4.97. The molecule has 0 radical (unpaired) electrons. The molecule has 1 saturated heterocycles. The molecule has 0 unspecified atom stereocenters. The monoisotopic (exact) mass is 347 g/mol. The average Bonchev–Trinajstić information content (AvgIpc) is 3.24. The molecule has 3 rings (SSSR count). The molecule has 136 valence electrons. The topological polar surface area (TPSA) is 73.9 Å². The van der Waals surface area contributed by atoms with Crippen LogP contribution >= 0.6 is 0 Å². The van der Waals surface area contributed by atoms with Crippen molar-refractivity contribution in [2.24, 2.45) is 0 Å². The van der Waals surface area contributed by atoms with E-state index in [1.165, 1.54) is 12.8 Å². The van der Waals surface area contributed by atoms with Crippen LogP contribution in [0.25, 0.3) is 0 Å². The second-order valence-electron chi connectivity index (χ2n) is 6.54. The molecule has 1 aliphatic carbocycles. The highest BCUT2D eigenvalue weighted by molar-refractivity contribution is 5.90. The summed E-state index contributed by atoms with van der Waals surface area (Å²) in [6.45, 7) is 2.04. The van der Waals surface area contributed by atoms with Gasteiger partial charge in [0.05, 0.1) is 19.8 Å². The summed E-state index contributed by atoms with van der Waals surface area (Å²) < 4.78 is 16.6. The molecule has 2 fully saturated rings. The number of hydrogen-bond acceptors (Lipinski definition) is 5. The van der Waals surface area contributed by atoms with E-state index in [-0.39, 0.29) is 31.0 Å². The zero-order valence-electron chi connectivity index (χ0n) is 14.7. The van der Waals surface area contributed by atoms with Gasteiger partial charge in [0.1, 0.15) is 6.04 Å². The van der Waals surface area contributed by atoms with Crippen molar-refractivity contribution in [2.75, 3.05) is 13.7 Å². The van der Waals surface area contributed by atoms with Crippen LogP contribution in [0.4, 0.5) is 0 Å². The summed E-state index contributed by atoms with van der Waals surface area (Å²) in [5, 5.41) is 2.72. The van der Waals surface area contributed by atoms with E-state index in [1.807, 2.05) is 18.2 Å². The molecular weight excluding hydrogens is 322 g/mol. The Balaban J connectivity index is 1.84. The van der Waals surface area contributed by atoms with Crippen LogP contribution in [-0.4, -0.2) is 37.7 Å². The van der Waals surface area contributed by atoms with Gasteiger partial charge in [0, 0.05) is 12.3 Å². The molecule has 1 aromatic carbocycles. The number of carbonyl (C=O) groups is 2. The van der Waals surface area contributed by atoms with E-state index in [1.54, 1.807) is 14.0 Å². The third-order valence-electron chi connectivity index (χ3n) is 4.88. The SMILES string of the molecule is CCOC(=O)[C@@H]1NC(=O)C[C@@H]1c1ccc(OC)c(OC2CCCC2)c1. The maximum Gasteiger partial charge on any atom is 0.329 e. The van der Waals surface area contributed by atoms with Gasteiger partial charge in [-0.1, -0.05) is 6.07 Å². The maximum absolute atomic E-state index is 12.2. The third-order valence-corrected chi connectivity index (χ3v) is 4.88. The highest BCUT2D eigenvalue weighted by Gasteiger charge is 2.39.